The zero-order valence-corrected chi connectivity index (χ0v) is 18.6. The zero-order chi connectivity index (χ0) is 22.2. The maximum absolute atomic E-state index is 13.0. The Balaban J connectivity index is 1.44. The predicted octanol–water partition coefficient (Wildman–Crippen LogP) is 2.71. The van der Waals surface area contributed by atoms with Crippen molar-refractivity contribution in [1.29, 1.82) is 0 Å². The van der Waals surface area contributed by atoms with Gasteiger partial charge in [-0.25, -0.2) is 4.39 Å². The first-order valence-corrected chi connectivity index (χ1v) is 10.7. The SMILES string of the molecule is COc1ccc(OC)c(CN2CCN(C(C)C(=O)NCCc3ccc(F)cc3)CC2)c1. The van der Waals surface area contributed by atoms with Crippen LogP contribution in [0.5, 0.6) is 11.5 Å². The molecule has 0 aromatic heterocycles. The van der Waals surface area contributed by atoms with Crippen molar-refractivity contribution in [2.75, 3.05) is 46.9 Å². The number of halogens is 1. The number of carbonyl (C=O) groups is 1. The van der Waals surface area contributed by atoms with Gasteiger partial charge in [0.1, 0.15) is 17.3 Å². The Morgan fingerprint density at radius 2 is 1.77 bits per heavy atom. The molecule has 2 aromatic carbocycles. The van der Waals surface area contributed by atoms with E-state index in [4.69, 9.17) is 9.47 Å². The molecular weight excluding hydrogens is 397 g/mol. The van der Waals surface area contributed by atoms with Crippen LogP contribution in [0.25, 0.3) is 0 Å². The molecule has 1 N–H and O–H groups in total. The highest BCUT2D eigenvalue weighted by molar-refractivity contribution is 5.81. The lowest BCUT2D eigenvalue weighted by molar-refractivity contribution is -0.126. The van der Waals surface area contributed by atoms with E-state index in [1.54, 1.807) is 26.4 Å². The maximum atomic E-state index is 13.0. The van der Waals surface area contributed by atoms with E-state index in [1.807, 2.05) is 25.1 Å². The molecule has 0 saturated carbocycles. The molecule has 1 aliphatic heterocycles. The van der Waals surface area contributed by atoms with E-state index >= 15 is 0 Å². The minimum Gasteiger partial charge on any atom is -0.497 e. The summed E-state index contributed by atoms with van der Waals surface area (Å²) in [5, 5.41) is 3.00. The van der Waals surface area contributed by atoms with Gasteiger partial charge in [-0.3, -0.25) is 14.6 Å². The van der Waals surface area contributed by atoms with Gasteiger partial charge in [-0.2, -0.15) is 0 Å². The van der Waals surface area contributed by atoms with Gasteiger partial charge in [0.25, 0.3) is 0 Å². The molecule has 31 heavy (non-hydrogen) atoms. The van der Waals surface area contributed by atoms with Gasteiger partial charge in [-0.15, -0.1) is 0 Å². The summed E-state index contributed by atoms with van der Waals surface area (Å²) >= 11 is 0. The topological polar surface area (TPSA) is 54.0 Å². The number of nitrogens with zero attached hydrogens (tertiary/aromatic N) is 2. The Hall–Kier alpha value is -2.64. The summed E-state index contributed by atoms with van der Waals surface area (Å²) < 4.78 is 23.8. The lowest BCUT2D eigenvalue weighted by Gasteiger charge is -2.37. The van der Waals surface area contributed by atoms with Gasteiger partial charge in [0.2, 0.25) is 5.91 Å². The molecular formula is C24H32FN3O3. The summed E-state index contributed by atoms with van der Waals surface area (Å²) in [7, 11) is 3.34. The van der Waals surface area contributed by atoms with Crippen LogP contribution in [0.1, 0.15) is 18.1 Å². The molecule has 1 amide bonds. The minimum absolute atomic E-state index is 0.0324. The van der Waals surface area contributed by atoms with Gasteiger partial charge in [0.05, 0.1) is 20.3 Å². The lowest BCUT2D eigenvalue weighted by atomic mass is 10.1. The second-order valence-corrected chi connectivity index (χ2v) is 7.83. The van der Waals surface area contributed by atoms with Crippen LogP contribution < -0.4 is 14.8 Å². The quantitative estimate of drug-likeness (QED) is 0.664. The van der Waals surface area contributed by atoms with Crippen LogP contribution >= 0.6 is 0 Å². The zero-order valence-electron chi connectivity index (χ0n) is 18.6. The molecule has 0 aliphatic carbocycles. The fraction of sp³-hybridized carbons (Fsp3) is 0.458. The summed E-state index contributed by atoms with van der Waals surface area (Å²) in [6.45, 7) is 6.71. The number of piperazine rings is 1. The largest absolute Gasteiger partial charge is 0.497 e. The van der Waals surface area contributed by atoms with Crippen molar-refractivity contribution in [1.82, 2.24) is 15.1 Å². The van der Waals surface area contributed by atoms with Crippen LogP contribution in [0.2, 0.25) is 0 Å². The van der Waals surface area contributed by atoms with Crippen molar-refractivity contribution in [2.24, 2.45) is 0 Å². The summed E-state index contributed by atoms with van der Waals surface area (Å²) in [5.41, 5.74) is 2.11. The van der Waals surface area contributed by atoms with Crippen molar-refractivity contribution in [3.8, 4) is 11.5 Å². The van der Waals surface area contributed by atoms with Crippen molar-refractivity contribution >= 4 is 5.91 Å². The van der Waals surface area contributed by atoms with E-state index in [-0.39, 0.29) is 17.8 Å². The molecule has 3 rings (SSSR count). The van der Waals surface area contributed by atoms with E-state index < -0.39 is 0 Å². The fourth-order valence-electron chi connectivity index (χ4n) is 3.85. The van der Waals surface area contributed by atoms with Crippen molar-refractivity contribution in [2.45, 2.75) is 25.9 Å². The Kier molecular flexibility index (Phi) is 8.26. The third-order valence-corrected chi connectivity index (χ3v) is 5.84. The Bertz CT molecular complexity index is 852. The summed E-state index contributed by atoms with van der Waals surface area (Å²) in [6, 6.07) is 12.1. The summed E-state index contributed by atoms with van der Waals surface area (Å²) in [4.78, 5) is 17.1. The summed E-state index contributed by atoms with van der Waals surface area (Å²) in [6.07, 6.45) is 0.689. The molecule has 1 heterocycles. The van der Waals surface area contributed by atoms with Crippen LogP contribution in [0.15, 0.2) is 42.5 Å². The predicted molar refractivity (Wildman–Crippen MR) is 119 cm³/mol. The van der Waals surface area contributed by atoms with Gasteiger partial charge in [0, 0.05) is 44.8 Å². The van der Waals surface area contributed by atoms with E-state index in [1.165, 1.54) is 12.1 Å². The Labute approximate surface area is 183 Å². The molecule has 7 heteroatoms. The first-order valence-electron chi connectivity index (χ1n) is 10.7. The Morgan fingerprint density at radius 3 is 2.42 bits per heavy atom. The summed E-state index contributed by atoms with van der Waals surface area (Å²) in [5.74, 6) is 1.47. The molecule has 0 bridgehead atoms. The van der Waals surface area contributed by atoms with Gasteiger partial charge < -0.3 is 14.8 Å². The van der Waals surface area contributed by atoms with Crippen LogP contribution in [-0.4, -0.2) is 68.7 Å². The monoisotopic (exact) mass is 429 g/mol. The molecule has 1 saturated heterocycles. The average molecular weight is 430 g/mol. The molecule has 1 unspecified atom stereocenters. The standard InChI is InChI=1S/C24H32FN3O3/c1-18(24(29)26-11-10-19-4-6-21(25)7-5-19)28-14-12-27(13-15-28)17-20-16-22(30-2)8-9-23(20)31-3/h4-9,16,18H,10-15,17H2,1-3H3,(H,26,29). The van der Waals surface area contributed by atoms with Crippen LogP contribution in [0, 0.1) is 5.82 Å². The molecule has 2 aromatic rings. The van der Waals surface area contributed by atoms with Gasteiger partial charge in [-0.1, -0.05) is 12.1 Å². The number of nitrogens with one attached hydrogen (secondary N) is 1. The smallest absolute Gasteiger partial charge is 0.237 e. The van der Waals surface area contributed by atoms with Crippen LogP contribution in [-0.2, 0) is 17.8 Å². The number of rotatable bonds is 9. The third kappa shape index (κ3) is 6.42. The second kappa shape index (κ2) is 11.1. The Morgan fingerprint density at radius 1 is 1.06 bits per heavy atom. The van der Waals surface area contributed by atoms with E-state index in [0.717, 1.165) is 55.3 Å². The number of amides is 1. The highest BCUT2D eigenvalue weighted by Gasteiger charge is 2.25. The molecule has 1 fully saturated rings. The first-order chi connectivity index (χ1) is 15.0. The number of benzene rings is 2. The van der Waals surface area contributed by atoms with Crippen LogP contribution in [0.3, 0.4) is 0 Å². The number of hydrogen-bond donors (Lipinski definition) is 1. The number of ether oxygens (including phenoxy) is 2. The highest BCUT2D eigenvalue weighted by Crippen LogP contribution is 2.25. The molecule has 168 valence electrons. The molecule has 1 atom stereocenters. The fourth-order valence-corrected chi connectivity index (χ4v) is 3.85. The normalized spacial score (nSPS) is 16.0. The van der Waals surface area contributed by atoms with Crippen molar-refractivity contribution in [3.05, 3.63) is 59.4 Å². The number of methoxy groups -OCH3 is 2. The third-order valence-electron chi connectivity index (χ3n) is 5.84. The molecule has 6 nitrogen and oxygen atoms in total. The number of carbonyl (C=O) groups excluding carboxylic acids is 1. The maximum Gasteiger partial charge on any atom is 0.237 e. The van der Waals surface area contributed by atoms with Crippen molar-refractivity contribution < 1.29 is 18.7 Å². The van der Waals surface area contributed by atoms with E-state index in [0.29, 0.717) is 13.0 Å². The van der Waals surface area contributed by atoms with E-state index in [2.05, 4.69) is 15.1 Å². The van der Waals surface area contributed by atoms with Crippen LogP contribution in [0.4, 0.5) is 4.39 Å². The van der Waals surface area contributed by atoms with E-state index in [9.17, 15) is 9.18 Å². The van der Waals surface area contributed by atoms with Gasteiger partial charge in [-0.05, 0) is 49.2 Å². The molecule has 0 spiro atoms. The highest BCUT2D eigenvalue weighted by atomic mass is 19.1. The number of hydrogen-bond acceptors (Lipinski definition) is 5. The molecule has 1 aliphatic rings. The second-order valence-electron chi connectivity index (χ2n) is 7.83. The van der Waals surface area contributed by atoms with Crippen molar-refractivity contribution in [3.63, 3.8) is 0 Å². The lowest BCUT2D eigenvalue weighted by Crippen LogP contribution is -2.53. The minimum atomic E-state index is -0.245. The van der Waals surface area contributed by atoms with Gasteiger partial charge in [0.15, 0.2) is 0 Å². The first kappa shape index (κ1) is 23.0. The van der Waals surface area contributed by atoms with Gasteiger partial charge >= 0.3 is 0 Å². The molecule has 0 radical (unpaired) electrons. The average Bonchev–Trinajstić information content (AvgIpc) is 2.80.